The molecular formula is C28H26N2O4S2. The van der Waals surface area contributed by atoms with Crippen LogP contribution in [0.4, 0.5) is 11.4 Å². The van der Waals surface area contributed by atoms with E-state index in [4.69, 9.17) is 21.7 Å². The van der Waals surface area contributed by atoms with Gasteiger partial charge in [-0.15, -0.1) is 0 Å². The van der Waals surface area contributed by atoms with E-state index in [0.29, 0.717) is 20.7 Å². The number of carbonyl (C=O) groups is 2. The Hall–Kier alpha value is -3.62. The normalized spacial score (nSPS) is 14.3. The number of thiocarbonyl (C=S) groups is 1. The minimum absolute atomic E-state index is 0.168. The molecule has 8 heteroatoms. The van der Waals surface area contributed by atoms with Crippen LogP contribution in [-0.4, -0.2) is 29.9 Å². The van der Waals surface area contributed by atoms with Crippen molar-refractivity contribution in [2.24, 2.45) is 0 Å². The highest BCUT2D eigenvalue weighted by atomic mass is 32.2. The van der Waals surface area contributed by atoms with Gasteiger partial charge in [0.2, 0.25) is 0 Å². The first-order valence-corrected chi connectivity index (χ1v) is 12.5. The number of hydrogen-bond donors (Lipinski definition) is 1. The zero-order valence-corrected chi connectivity index (χ0v) is 22.1. The molecule has 3 aromatic rings. The molecule has 0 aliphatic carbocycles. The Bertz CT molecular complexity index is 1370. The van der Waals surface area contributed by atoms with E-state index in [2.05, 4.69) is 5.32 Å². The highest BCUT2D eigenvalue weighted by Gasteiger charge is 2.33. The number of amides is 2. The zero-order valence-electron chi connectivity index (χ0n) is 20.5. The molecule has 1 N–H and O–H groups in total. The molecule has 184 valence electrons. The van der Waals surface area contributed by atoms with Crippen molar-refractivity contribution in [2.45, 2.75) is 20.8 Å². The van der Waals surface area contributed by atoms with Gasteiger partial charge in [0.25, 0.3) is 11.8 Å². The van der Waals surface area contributed by atoms with Crippen LogP contribution in [-0.2, 0) is 9.59 Å². The van der Waals surface area contributed by atoms with Gasteiger partial charge in [-0.2, -0.15) is 0 Å². The van der Waals surface area contributed by atoms with E-state index in [9.17, 15) is 9.59 Å². The summed E-state index contributed by atoms with van der Waals surface area (Å²) in [6.07, 6.45) is 1.77. The second-order valence-electron chi connectivity index (χ2n) is 8.35. The van der Waals surface area contributed by atoms with Crippen LogP contribution in [0.25, 0.3) is 6.08 Å². The highest BCUT2D eigenvalue weighted by Crippen LogP contribution is 2.37. The van der Waals surface area contributed by atoms with Gasteiger partial charge in [-0.05, 0) is 73.9 Å². The van der Waals surface area contributed by atoms with E-state index in [1.165, 1.54) is 23.8 Å². The molecule has 1 heterocycles. The maximum Gasteiger partial charge on any atom is 0.270 e. The molecule has 0 saturated carbocycles. The van der Waals surface area contributed by atoms with Gasteiger partial charge in [0, 0.05) is 5.69 Å². The summed E-state index contributed by atoms with van der Waals surface area (Å²) in [6, 6.07) is 18.7. The molecule has 0 unspecified atom stereocenters. The Morgan fingerprint density at radius 2 is 1.81 bits per heavy atom. The average Bonchev–Trinajstić information content (AvgIpc) is 3.14. The maximum atomic E-state index is 13.0. The van der Waals surface area contributed by atoms with Crippen molar-refractivity contribution >= 4 is 57.6 Å². The Kier molecular flexibility index (Phi) is 7.76. The summed E-state index contributed by atoms with van der Waals surface area (Å²) < 4.78 is 11.7. The number of benzene rings is 3. The number of hydrogen-bond acceptors (Lipinski definition) is 6. The molecule has 1 aliphatic rings. The van der Waals surface area contributed by atoms with Crippen molar-refractivity contribution in [3.63, 3.8) is 0 Å². The number of anilines is 2. The van der Waals surface area contributed by atoms with E-state index in [-0.39, 0.29) is 18.4 Å². The number of rotatable bonds is 7. The molecule has 0 radical (unpaired) electrons. The van der Waals surface area contributed by atoms with E-state index < -0.39 is 0 Å². The summed E-state index contributed by atoms with van der Waals surface area (Å²) in [5.41, 5.74) is 5.48. The van der Waals surface area contributed by atoms with E-state index in [1.807, 2.05) is 63.2 Å². The largest absolute Gasteiger partial charge is 0.493 e. The molecular weight excluding hydrogens is 492 g/mol. The fourth-order valence-electron chi connectivity index (χ4n) is 3.64. The molecule has 1 fully saturated rings. The zero-order chi connectivity index (χ0) is 25.8. The standard InChI is InChI=1S/C28H26N2O4S2/c1-17-8-11-21(12-9-17)30-27(32)25(36-28(30)35)15-20-10-13-23(24(14-20)33-4)34-16-26(31)29-22-7-5-6-18(2)19(22)3/h5-15H,16H2,1-4H3,(H,29,31)/b25-15-. The van der Waals surface area contributed by atoms with Gasteiger partial charge in [-0.25, -0.2) is 0 Å². The molecule has 0 spiro atoms. The molecule has 0 atom stereocenters. The van der Waals surface area contributed by atoms with Crippen molar-refractivity contribution < 1.29 is 19.1 Å². The third kappa shape index (κ3) is 5.61. The lowest BCUT2D eigenvalue weighted by atomic mass is 10.1. The first kappa shape index (κ1) is 25.5. The first-order chi connectivity index (χ1) is 17.3. The molecule has 3 aromatic carbocycles. The molecule has 2 amide bonds. The van der Waals surface area contributed by atoms with Gasteiger partial charge in [0.1, 0.15) is 0 Å². The number of nitrogens with one attached hydrogen (secondary N) is 1. The summed E-state index contributed by atoms with van der Waals surface area (Å²) in [6.45, 7) is 5.78. The SMILES string of the molecule is COc1cc(/C=C2\SC(=S)N(c3ccc(C)cc3)C2=O)ccc1OCC(=O)Nc1cccc(C)c1C. The number of ether oxygens (including phenoxy) is 2. The van der Waals surface area contributed by atoms with Gasteiger partial charge in [-0.1, -0.05) is 59.9 Å². The van der Waals surface area contributed by atoms with Crippen molar-refractivity contribution in [1.29, 1.82) is 0 Å². The lowest BCUT2D eigenvalue weighted by Crippen LogP contribution is -2.27. The van der Waals surface area contributed by atoms with Gasteiger partial charge >= 0.3 is 0 Å². The molecule has 0 aromatic heterocycles. The second kappa shape index (κ2) is 11.0. The maximum absolute atomic E-state index is 13.0. The minimum atomic E-state index is -0.269. The fourth-order valence-corrected chi connectivity index (χ4v) is 4.94. The summed E-state index contributed by atoms with van der Waals surface area (Å²) in [5, 5.41) is 2.88. The summed E-state index contributed by atoms with van der Waals surface area (Å²) >= 11 is 6.71. The summed E-state index contributed by atoms with van der Waals surface area (Å²) in [5.74, 6) is 0.445. The predicted molar refractivity (Wildman–Crippen MR) is 150 cm³/mol. The van der Waals surface area contributed by atoms with Gasteiger partial charge in [-0.3, -0.25) is 14.5 Å². The molecule has 0 bridgehead atoms. The molecule has 1 aliphatic heterocycles. The van der Waals surface area contributed by atoms with Crippen LogP contribution in [0.2, 0.25) is 0 Å². The average molecular weight is 519 g/mol. The van der Waals surface area contributed by atoms with Crippen LogP contribution < -0.4 is 19.7 Å². The molecule has 1 saturated heterocycles. The number of methoxy groups -OCH3 is 1. The highest BCUT2D eigenvalue weighted by molar-refractivity contribution is 8.27. The van der Waals surface area contributed by atoms with Crippen molar-refractivity contribution in [1.82, 2.24) is 0 Å². The van der Waals surface area contributed by atoms with E-state index in [1.54, 1.807) is 24.3 Å². The summed E-state index contributed by atoms with van der Waals surface area (Å²) in [4.78, 5) is 27.5. The molecule has 36 heavy (non-hydrogen) atoms. The van der Waals surface area contributed by atoms with Gasteiger partial charge in [0.15, 0.2) is 22.4 Å². The lowest BCUT2D eigenvalue weighted by Gasteiger charge is -2.14. The molecule has 4 rings (SSSR count). The number of carbonyl (C=O) groups excluding carboxylic acids is 2. The third-order valence-corrected chi connectivity index (χ3v) is 7.11. The summed E-state index contributed by atoms with van der Waals surface area (Å²) in [7, 11) is 1.53. The van der Waals surface area contributed by atoms with Gasteiger partial charge in [0.05, 0.1) is 17.7 Å². The van der Waals surface area contributed by atoms with E-state index in [0.717, 1.165) is 33.6 Å². The molecule has 6 nitrogen and oxygen atoms in total. The third-order valence-electron chi connectivity index (χ3n) is 5.81. The Labute approximate surface area is 220 Å². The number of nitrogens with zero attached hydrogens (tertiary/aromatic N) is 1. The van der Waals surface area contributed by atoms with Crippen molar-refractivity contribution in [3.05, 3.63) is 87.8 Å². The van der Waals surface area contributed by atoms with Crippen LogP contribution in [0.1, 0.15) is 22.3 Å². The van der Waals surface area contributed by atoms with Crippen LogP contribution in [0, 0.1) is 20.8 Å². The first-order valence-electron chi connectivity index (χ1n) is 11.3. The monoisotopic (exact) mass is 518 g/mol. The topological polar surface area (TPSA) is 67.9 Å². The van der Waals surface area contributed by atoms with Crippen LogP contribution >= 0.6 is 24.0 Å². The van der Waals surface area contributed by atoms with Crippen LogP contribution in [0.5, 0.6) is 11.5 Å². The second-order valence-corrected chi connectivity index (χ2v) is 10.0. The smallest absolute Gasteiger partial charge is 0.270 e. The van der Waals surface area contributed by atoms with Crippen molar-refractivity contribution in [3.8, 4) is 11.5 Å². The lowest BCUT2D eigenvalue weighted by molar-refractivity contribution is -0.118. The van der Waals surface area contributed by atoms with Crippen LogP contribution in [0.15, 0.2) is 65.6 Å². The van der Waals surface area contributed by atoms with Crippen LogP contribution in [0.3, 0.4) is 0 Å². The quantitative estimate of drug-likeness (QED) is 0.304. The van der Waals surface area contributed by atoms with Crippen molar-refractivity contribution in [2.75, 3.05) is 23.9 Å². The Morgan fingerprint density at radius 1 is 1.06 bits per heavy atom. The predicted octanol–water partition coefficient (Wildman–Crippen LogP) is 6.04. The Balaban J connectivity index is 1.45. The number of thioether (sulfide) groups is 1. The van der Waals surface area contributed by atoms with E-state index >= 15 is 0 Å². The Morgan fingerprint density at radius 3 is 2.53 bits per heavy atom. The fraction of sp³-hybridized carbons (Fsp3) is 0.179. The van der Waals surface area contributed by atoms with Gasteiger partial charge < -0.3 is 14.8 Å². The number of aryl methyl sites for hydroxylation is 2. The minimum Gasteiger partial charge on any atom is -0.493 e.